The molecule has 0 aromatic rings. The van der Waals surface area contributed by atoms with Crippen LogP contribution >= 0.6 is 0 Å². The minimum absolute atomic E-state index is 0.102. The Kier molecular flexibility index (Phi) is 13.7. The van der Waals surface area contributed by atoms with Gasteiger partial charge in [0.05, 0.1) is 6.10 Å². The lowest BCUT2D eigenvalue weighted by atomic mass is 9.43. The maximum Gasteiger partial charge on any atom is 0.0577 e. The molecule has 6 nitrogen and oxygen atoms in total. The second-order valence-electron chi connectivity index (χ2n) is 16.6. The highest BCUT2D eigenvalue weighted by Crippen LogP contribution is 2.68. The van der Waals surface area contributed by atoms with Gasteiger partial charge in [0, 0.05) is 12.1 Å². The SMILES string of the molecule is CC(C)C(N)CC[C@@H](C)[C@H]1CC[C@H]2[C@@H]3[C@@H](O)C[C@H]4C[C@@H](NCCCNCCCCNCCCN)CC[C@]4(C)[C@H]3CC[C@]12C. The van der Waals surface area contributed by atoms with Crippen molar-refractivity contribution in [1.29, 1.82) is 0 Å². The fraction of sp³-hybridized carbons (Fsp3) is 1.00. The Hall–Kier alpha value is -0.240. The minimum atomic E-state index is -0.102. The van der Waals surface area contributed by atoms with E-state index in [4.69, 9.17) is 11.5 Å². The summed E-state index contributed by atoms with van der Waals surface area (Å²) in [5, 5.41) is 22.8. The van der Waals surface area contributed by atoms with Gasteiger partial charge in [0.2, 0.25) is 0 Å². The fourth-order valence-corrected chi connectivity index (χ4v) is 10.9. The summed E-state index contributed by atoms with van der Waals surface area (Å²) in [6, 6.07) is 0.959. The van der Waals surface area contributed by atoms with Crippen LogP contribution in [0.4, 0.5) is 0 Å². The van der Waals surface area contributed by atoms with Gasteiger partial charge >= 0.3 is 0 Å². The molecule has 0 aliphatic heterocycles. The molecule has 4 saturated carbocycles. The molecule has 4 rings (SSSR count). The van der Waals surface area contributed by atoms with Gasteiger partial charge in [0.25, 0.3) is 0 Å². The van der Waals surface area contributed by atoms with E-state index < -0.39 is 0 Å². The average molecular weight is 604 g/mol. The lowest BCUT2D eigenvalue weighted by Crippen LogP contribution is -2.59. The smallest absolute Gasteiger partial charge is 0.0577 e. The van der Waals surface area contributed by atoms with Crippen molar-refractivity contribution in [3.8, 4) is 0 Å². The number of unbranched alkanes of at least 4 members (excludes halogenated alkanes) is 1. The molecule has 43 heavy (non-hydrogen) atoms. The van der Waals surface area contributed by atoms with Crippen molar-refractivity contribution in [2.45, 2.75) is 143 Å². The summed E-state index contributed by atoms with van der Waals surface area (Å²) in [4.78, 5) is 0. The van der Waals surface area contributed by atoms with Crippen LogP contribution in [0.3, 0.4) is 0 Å². The molecule has 4 aliphatic rings. The first kappa shape index (κ1) is 35.6. The number of hydrogen-bond donors (Lipinski definition) is 6. The normalized spacial score (nSPS) is 38.9. The molecule has 1 unspecified atom stereocenters. The van der Waals surface area contributed by atoms with Gasteiger partial charge in [-0.1, -0.05) is 34.6 Å². The first-order chi connectivity index (χ1) is 20.6. The molecule has 0 aromatic heterocycles. The third kappa shape index (κ3) is 8.57. The van der Waals surface area contributed by atoms with Gasteiger partial charge in [-0.05, 0) is 181 Å². The average Bonchev–Trinajstić information content (AvgIpc) is 3.34. The molecule has 11 atom stereocenters. The van der Waals surface area contributed by atoms with Gasteiger partial charge in [-0.25, -0.2) is 0 Å². The van der Waals surface area contributed by atoms with Crippen LogP contribution in [0.25, 0.3) is 0 Å². The van der Waals surface area contributed by atoms with Crippen LogP contribution in [-0.2, 0) is 0 Å². The summed E-state index contributed by atoms with van der Waals surface area (Å²) in [5.41, 5.74) is 12.8. The highest BCUT2D eigenvalue weighted by Gasteiger charge is 2.62. The summed E-state index contributed by atoms with van der Waals surface area (Å²) in [6.07, 6.45) is 17.4. The molecule has 0 radical (unpaired) electrons. The first-order valence-corrected chi connectivity index (χ1v) is 18.9. The van der Waals surface area contributed by atoms with Gasteiger partial charge in [-0.2, -0.15) is 0 Å². The predicted molar refractivity (Wildman–Crippen MR) is 183 cm³/mol. The molecule has 0 bridgehead atoms. The summed E-state index contributed by atoms with van der Waals surface area (Å²) < 4.78 is 0. The van der Waals surface area contributed by atoms with Crippen LogP contribution in [0.2, 0.25) is 0 Å². The molecule has 6 heteroatoms. The molecule has 4 aliphatic carbocycles. The van der Waals surface area contributed by atoms with Crippen molar-refractivity contribution in [2.75, 3.05) is 39.3 Å². The molecule has 0 aromatic carbocycles. The van der Waals surface area contributed by atoms with Crippen LogP contribution in [0.15, 0.2) is 0 Å². The standard InChI is InChI=1S/C37H73N5O/c1-26(2)33(39)13-10-27(3)30-11-12-31-35-32(15-17-37(30,31)5)36(4)16-14-29(24-28(36)25-34(35)43)42-23-9-22-41-20-7-6-19-40-21-8-18-38/h26-35,40-43H,6-25,38-39H2,1-5H3/t27-,28-,29+,30-,31+,32+,33?,34+,35+,36+,37-/m1/s1. The van der Waals surface area contributed by atoms with Crippen LogP contribution in [-0.4, -0.2) is 62.6 Å². The van der Waals surface area contributed by atoms with Crippen molar-refractivity contribution in [2.24, 2.45) is 63.7 Å². The number of nitrogens with one attached hydrogen (secondary N) is 3. The number of aliphatic hydroxyl groups is 1. The first-order valence-electron chi connectivity index (χ1n) is 18.9. The molecule has 4 fully saturated rings. The quantitative estimate of drug-likeness (QED) is 0.113. The number of fused-ring (bicyclic) bond motifs is 5. The number of rotatable bonds is 18. The molecular formula is C37H73N5O. The predicted octanol–water partition coefficient (Wildman–Crippen LogP) is 5.67. The maximum absolute atomic E-state index is 11.8. The number of hydrogen-bond acceptors (Lipinski definition) is 6. The molecule has 0 spiro atoms. The lowest BCUT2D eigenvalue weighted by molar-refractivity contribution is -0.167. The van der Waals surface area contributed by atoms with E-state index >= 15 is 0 Å². The van der Waals surface area contributed by atoms with E-state index in [2.05, 4.69) is 50.6 Å². The van der Waals surface area contributed by atoms with E-state index in [0.29, 0.717) is 52.5 Å². The topological polar surface area (TPSA) is 108 Å². The highest BCUT2D eigenvalue weighted by molar-refractivity contribution is 5.12. The Morgan fingerprint density at radius 2 is 1.42 bits per heavy atom. The second-order valence-corrected chi connectivity index (χ2v) is 16.6. The Labute approximate surface area is 266 Å². The summed E-state index contributed by atoms with van der Waals surface area (Å²) in [5.74, 6) is 4.73. The van der Waals surface area contributed by atoms with Crippen LogP contribution in [0, 0.1) is 52.3 Å². The molecule has 0 heterocycles. The summed E-state index contributed by atoms with van der Waals surface area (Å²) in [7, 11) is 0. The van der Waals surface area contributed by atoms with E-state index in [9.17, 15) is 5.11 Å². The van der Waals surface area contributed by atoms with E-state index in [0.717, 1.165) is 70.4 Å². The van der Waals surface area contributed by atoms with Crippen molar-refractivity contribution in [3.63, 3.8) is 0 Å². The fourth-order valence-electron chi connectivity index (χ4n) is 10.9. The molecule has 0 saturated heterocycles. The van der Waals surface area contributed by atoms with Gasteiger partial charge in [-0.15, -0.1) is 0 Å². The van der Waals surface area contributed by atoms with Gasteiger partial charge in [0.1, 0.15) is 0 Å². The Morgan fingerprint density at radius 3 is 2.12 bits per heavy atom. The van der Waals surface area contributed by atoms with E-state index in [1.807, 2.05) is 0 Å². The lowest BCUT2D eigenvalue weighted by Gasteiger charge is -2.62. The molecule has 252 valence electrons. The zero-order valence-corrected chi connectivity index (χ0v) is 29.0. The number of aliphatic hydroxyl groups excluding tert-OH is 1. The Bertz CT molecular complexity index is 810. The largest absolute Gasteiger partial charge is 0.393 e. The Balaban J connectivity index is 1.20. The number of nitrogens with two attached hydrogens (primary N) is 2. The van der Waals surface area contributed by atoms with Gasteiger partial charge in [0.15, 0.2) is 0 Å². The van der Waals surface area contributed by atoms with Crippen molar-refractivity contribution in [3.05, 3.63) is 0 Å². The highest BCUT2D eigenvalue weighted by atomic mass is 16.3. The van der Waals surface area contributed by atoms with Gasteiger partial charge < -0.3 is 32.5 Å². The molecule has 8 N–H and O–H groups in total. The van der Waals surface area contributed by atoms with E-state index in [-0.39, 0.29) is 6.10 Å². The Morgan fingerprint density at radius 1 is 0.767 bits per heavy atom. The van der Waals surface area contributed by atoms with Crippen LogP contribution < -0.4 is 27.4 Å². The van der Waals surface area contributed by atoms with E-state index in [1.165, 1.54) is 70.6 Å². The van der Waals surface area contributed by atoms with E-state index in [1.54, 1.807) is 0 Å². The zero-order chi connectivity index (χ0) is 31.0. The van der Waals surface area contributed by atoms with Crippen LogP contribution in [0.5, 0.6) is 0 Å². The zero-order valence-electron chi connectivity index (χ0n) is 29.0. The summed E-state index contributed by atoms with van der Waals surface area (Å²) in [6.45, 7) is 18.6. The molecule has 0 amide bonds. The molecular weight excluding hydrogens is 530 g/mol. The van der Waals surface area contributed by atoms with Crippen LogP contribution in [0.1, 0.15) is 125 Å². The van der Waals surface area contributed by atoms with Crippen molar-refractivity contribution < 1.29 is 5.11 Å². The maximum atomic E-state index is 11.8. The van der Waals surface area contributed by atoms with Crippen molar-refractivity contribution >= 4 is 0 Å². The minimum Gasteiger partial charge on any atom is -0.393 e. The van der Waals surface area contributed by atoms with Gasteiger partial charge in [-0.3, -0.25) is 0 Å². The third-order valence-electron chi connectivity index (χ3n) is 13.7. The second kappa shape index (κ2) is 16.5. The monoisotopic (exact) mass is 604 g/mol. The van der Waals surface area contributed by atoms with Crippen molar-refractivity contribution in [1.82, 2.24) is 16.0 Å². The third-order valence-corrected chi connectivity index (χ3v) is 13.7. The summed E-state index contributed by atoms with van der Waals surface area (Å²) >= 11 is 0.